The highest BCUT2D eigenvalue weighted by atomic mass is 16.5. The first-order valence-electron chi connectivity index (χ1n) is 4.46. The molecular weight excluding hydrogens is 164 g/mol. The van der Waals surface area contributed by atoms with Gasteiger partial charge in [-0.15, -0.1) is 0 Å². The van der Waals surface area contributed by atoms with E-state index in [9.17, 15) is 0 Å². The Bertz CT molecular complexity index is 249. The highest BCUT2D eigenvalue weighted by Crippen LogP contribution is 2.15. The standard InChI is InChI=1S/C11H15O2/c1-9-6-10(2)8-11(7-9)13-5-3-4-12/h7-8,12H,3-5H2,1-2H3. The summed E-state index contributed by atoms with van der Waals surface area (Å²) in [5.41, 5.74) is 2.16. The Balaban J connectivity index is 2.56. The SMILES string of the molecule is Cc1[c]c(C)cc(OCCCO)c1. The third-order valence-corrected chi connectivity index (χ3v) is 1.68. The summed E-state index contributed by atoms with van der Waals surface area (Å²) < 4.78 is 5.43. The molecule has 0 saturated heterocycles. The number of aliphatic hydroxyl groups is 1. The quantitative estimate of drug-likeness (QED) is 0.715. The zero-order valence-corrected chi connectivity index (χ0v) is 8.13. The topological polar surface area (TPSA) is 29.5 Å². The molecule has 13 heavy (non-hydrogen) atoms. The lowest BCUT2D eigenvalue weighted by atomic mass is 10.1. The second-order valence-corrected chi connectivity index (χ2v) is 3.11. The summed E-state index contributed by atoms with van der Waals surface area (Å²) in [7, 11) is 0. The first-order valence-corrected chi connectivity index (χ1v) is 4.46. The average Bonchev–Trinajstić information content (AvgIpc) is 2.03. The van der Waals surface area contributed by atoms with Crippen LogP contribution in [0.15, 0.2) is 12.1 Å². The highest BCUT2D eigenvalue weighted by Gasteiger charge is 1.96. The molecular formula is C11H15O2. The molecule has 0 aliphatic rings. The van der Waals surface area contributed by atoms with Crippen LogP contribution in [0.25, 0.3) is 0 Å². The predicted octanol–water partition coefficient (Wildman–Crippen LogP) is 1.86. The summed E-state index contributed by atoms with van der Waals surface area (Å²) in [5, 5.41) is 8.57. The predicted molar refractivity (Wildman–Crippen MR) is 51.9 cm³/mol. The number of aryl methyl sites for hydroxylation is 2. The summed E-state index contributed by atoms with van der Waals surface area (Å²) in [6.45, 7) is 4.73. The van der Waals surface area contributed by atoms with Crippen LogP contribution in [0.5, 0.6) is 5.75 Å². The fraction of sp³-hybridized carbons (Fsp3) is 0.455. The van der Waals surface area contributed by atoms with Crippen molar-refractivity contribution in [2.24, 2.45) is 0 Å². The smallest absolute Gasteiger partial charge is 0.119 e. The van der Waals surface area contributed by atoms with Gasteiger partial charge in [-0.3, -0.25) is 0 Å². The van der Waals surface area contributed by atoms with Crippen molar-refractivity contribution in [3.63, 3.8) is 0 Å². The van der Waals surface area contributed by atoms with Crippen molar-refractivity contribution < 1.29 is 9.84 Å². The fourth-order valence-electron chi connectivity index (χ4n) is 1.19. The van der Waals surface area contributed by atoms with Gasteiger partial charge in [-0.1, -0.05) is 0 Å². The molecule has 0 spiro atoms. The molecule has 2 heteroatoms. The molecule has 0 unspecified atom stereocenters. The largest absolute Gasteiger partial charge is 0.493 e. The van der Waals surface area contributed by atoms with E-state index in [2.05, 4.69) is 6.07 Å². The number of aliphatic hydroxyl groups excluding tert-OH is 1. The maximum absolute atomic E-state index is 8.57. The van der Waals surface area contributed by atoms with Crippen molar-refractivity contribution in [2.75, 3.05) is 13.2 Å². The lowest BCUT2D eigenvalue weighted by Crippen LogP contribution is -2.00. The minimum absolute atomic E-state index is 0.178. The summed E-state index contributed by atoms with van der Waals surface area (Å²) in [6, 6.07) is 7.07. The van der Waals surface area contributed by atoms with Crippen molar-refractivity contribution >= 4 is 0 Å². The van der Waals surface area contributed by atoms with Crippen LogP contribution in [-0.2, 0) is 0 Å². The molecule has 0 saturated carbocycles. The van der Waals surface area contributed by atoms with Gasteiger partial charge in [0.1, 0.15) is 5.75 Å². The molecule has 1 aromatic carbocycles. The van der Waals surface area contributed by atoms with Crippen molar-refractivity contribution in [2.45, 2.75) is 20.3 Å². The molecule has 0 aliphatic heterocycles. The van der Waals surface area contributed by atoms with E-state index in [0.29, 0.717) is 13.0 Å². The Kier molecular flexibility index (Phi) is 3.77. The van der Waals surface area contributed by atoms with E-state index < -0.39 is 0 Å². The van der Waals surface area contributed by atoms with E-state index in [1.807, 2.05) is 26.0 Å². The third-order valence-electron chi connectivity index (χ3n) is 1.68. The average molecular weight is 179 g/mol. The zero-order valence-electron chi connectivity index (χ0n) is 8.13. The van der Waals surface area contributed by atoms with Crippen LogP contribution in [0.2, 0.25) is 0 Å². The lowest BCUT2D eigenvalue weighted by molar-refractivity contribution is 0.233. The molecule has 1 aromatic rings. The van der Waals surface area contributed by atoms with Crippen LogP contribution in [0.3, 0.4) is 0 Å². The van der Waals surface area contributed by atoms with Crippen LogP contribution in [0, 0.1) is 19.9 Å². The molecule has 1 rings (SSSR count). The maximum Gasteiger partial charge on any atom is 0.119 e. The number of benzene rings is 1. The minimum Gasteiger partial charge on any atom is -0.493 e. The van der Waals surface area contributed by atoms with Crippen LogP contribution in [-0.4, -0.2) is 18.3 Å². The lowest BCUT2D eigenvalue weighted by Gasteiger charge is -2.06. The summed E-state index contributed by atoms with van der Waals surface area (Å²) in [6.07, 6.45) is 0.677. The van der Waals surface area contributed by atoms with Gasteiger partial charge in [-0.25, -0.2) is 0 Å². The van der Waals surface area contributed by atoms with Crippen molar-refractivity contribution in [3.8, 4) is 5.75 Å². The van der Waals surface area contributed by atoms with Gasteiger partial charge in [0.2, 0.25) is 0 Å². The highest BCUT2D eigenvalue weighted by molar-refractivity contribution is 5.31. The van der Waals surface area contributed by atoms with Gasteiger partial charge in [0.25, 0.3) is 0 Å². The van der Waals surface area contributed by atoms with E-state index in [1.165, 1.54) is 0 Å². The Morgan fingerprint density at radius 3 is 2.46 bits per heavy atom. The summed E-state index contributed by atoms with van der Waals surface area (Å²) in [4.78, 5) is 0. The van der Waals surface area contributed by atoms with E-state index in [-0.39, 0.29) is 6.61 Å². The van der Waals surface area contributed by atoms with Gasteiger partial charge < -0.3 is 9.84 Å². The normalized spacial score (nSPS) is 10.1. The zero-order chi connectivity index (χ0) is 9.68. The van der Waals surface area contributed by atoms with Crippen molar-refractivity contribution in [1.29, 1.82) is 0 Å². The van der Waals surface area contributed by atoms with Gasteiger partial charge in [0.15, 0.2) is 0 Å². The Labute approximate surface area is 79.2 Å². The van der Waals surface area contributed by atoms with Crippen molar-refractivity contribution in [1.82, 2.24) is 0 Å². The molecule has 0 heterocycles. The Hall–Kier alpha value is -1.02. The van der Waals surface area contributed by atoms with Crippen LogP contribution in [0.4, 0.5) is 0 Å². The second-order valence-electron chi connectivity index (χ2n) is 3.11. The van der Waals surface area contributed by atoms with Gasteiger partial charge in [-0.05, 0) is 43.2 Å². The molecule has 2 nitrogen and oxygen atoms in total. The molecule has 0 aromatic heterocycles. The van der Waals surface area contributed by atoms with E-state index in [0.717, 1.165) is 16.9 Å². The summed E-state index contributed by atoms with van der Waals surface area (Å²) >= 11 is 0. The molecule has 71 valence electrons. The van der Waals surface area contributed by atoms with Crippen LogP contribution < -0.4 is 4.74 Å². The number of hydrogen-bond donors (Lipinski definition) is 1. The van der Waals surface area contributed by atoms with Gasteiger partial charge in [0.05, 0.1) is 6.61 Å². The Morgan fingerprint density at radius 1 is 1.31 bits per heavy atom. The molecule has 1 radical (unpaired) electrons. The molecule has 0 amide bonds. The van der Waals surface area contributed by atoms with Gasteiger partial charge in [-0.2, -0.15) is 0 Å². The molecule has 0 fully saturated rings. The fourth-order valence-corrected chi connectivity index (χ4v) is 1.19. The number of hydrogen-bond acceptors (Lipinski definition) is 2. The number of ether oxygens (including phenoxy) is 1. The van der Waals surface area contributed by atoms with Gasteiger partial charge in [0, 0.05) is 13.0 Å². The molecule has 0 atom stereocenters. The molecule has 0 bridgehead atoms. The van der Waals surface area contributed by atoms with Crippen LogP contribution in [0.1, 0.15) is 17.5 Å². The van der Waals surface area contributed by atoms with Gasteiger partial charge >= 0.3 is 0 Å². The third kappa shape index (κ3) is 3.47. The monoisotopic (exact) mass is 179 g/mol. The maximum atomic E-state index is 8.57. The van der Waals surface area contributed by atoms with E-state index in [4.69, 9.17) is 9.84 Å². The summed E-state index contributed by atoms with van der Waals surface area (Å²) in [5.74, 6) is 0.863. The molecule has 0 aliphatic carbocycles. The number of rotatable bonds is 4. The van der Waals surface area contributed by atoms with E-state index >= 15 is 0 Å². The van der Waals surface area contributed by atoms with Crippen molar-refractivity contribution in [3.05, 3.63) is 29.3 Å². The second kappa shape index (κ2) is 4.87. The minimum atomic E-state index is 0.178. The Morgan fingerprint density at radius 2 is 1.92 bits per heavy atom. The first kappa shape index (κ1) is 10.1. The first-order chi connectivity index (χ1) is 6.22. The van der Waals surface area contributed by atoms with E-state index in [1.54, 1.807) is 0 Å². The van der Waals surface area contributed by atoms with Crippen LogP contribution >= 0.6 is 0 Å². The molecule has 1 N–H and O–H groups in total.